The Morgan fingerprint density at radius 2 is 1.82 bits per heavy atom. The van der Waals surface area contributed by atoms with Gasteiger partial charge in [-0.25, -0.2) is 4.39 Å². The lowest BCUT2D eigenvalue weighted by atomic mass is 10.1. The van der Waals surface area contributed by atoms with Crippen molar-refractivity contribution >= 4 is 0 Å². The Morgan fingerprint density at radius 1 is 1.18 bits per heavy atom. The summed E-state index contributed by atoms with van der Waals surface area (Å²) in [6.45, 7) is 1.26. The number of nitrogens with one attached hydrogen (secondary N) is 1. The number of halogens is 4. The Bertz CT molecular complexity index is 543. The highest BCUT2D eigenvalue weighted by molar-refractivity contribution is 5.64. The maximum atomic E-state index is 13.4. The molecule has 1 N–H and O–H groups in total. The molecule has 0 saturated carbocycles. The number of hydrogen-bond donors (Lipinski definition) is 1. The van der Waals surface area contributed by atoms with E-state index in [0.717, 1.165) is 0 Å². The molecule has 0 bridgehead atoms. The number of aromatic amines is 1. The monoisotopic (exact) mass is 244 g/mol. The van der Waals surface area contributed by atoms with Crippen LogP contribution in [0.5, 0.6) is 0 Å². The minimum Gasteiger partial charge on any atom is -0.273 e. The highest BCUT2D eigenvalue weighted by Gasteiger charge is 2.36. The van der Waals surface area contributed by atoms with Gasteiger partial charge in [-0.15, -0.1) is 0 Å². The number of alkyl halides is 3. The Kier molecular flexibility index (Phi) is 2.65. The van der Waals surface area contributed by atoms with Crippen LogP contribution in [-0.4, -0.2) is 10.2 Å². The van der Waals surface area contributed by atoms with Gasteiger partial charge in [-0.05, 0) is 19.1 Å². The molecular formula is C11H8F4N2. The summed E-state index contributed by atoms with van der Waals surface area (Å²) < 4.78 is 51.0. The first-order valence-electron chi connectivity index (χ1n) is 4.78. The largest absolute Gasteiger partial charge is 0.433 e. The topological polar surface area (TPSA) is 28.7 Å². The quantitative estimate of drug-likeness (QED) is 0.763. The first-order chi connectivity index (χ1) is 7.91. The van der Waals surface area contributed by atoms with E-state index in [4.69, 9.17) is 0 Å². The molecule has 2 aromatic rings. The second-order valence-corrected chi connectivity index (χ2v) is 3.55. The minimum absolute atomic E-state index is 0.0181. The molecular weight excluding hydrogens is 236 g/mol. The van der Waals surface area contributed by atoms with Gasteiger partial charge in [0, 0.05) is 11.1 Å². The van der Waals surface area contributed by atoms with Gasteiger partial charge < -0.3 is 0 Å². The predicted molar refractivity (Wildman–Crippen MR) is 53.7 cm³/mol. The van der Waals surface area contributed by atoms with Crippen molar-refractivity contribution in [3.63, 3.8) is 0 Å². The van der Waals surface area contributed by atoms with Crippen molar-refractivity contribution in [2.45, 2.75) is 13.1 Å². The summed E-state index contributed by atoms with van der Waals surface area (Å²) >= 11 is 0. The molecule has 0 amide bonds. The van der Waals surface area contributed by atoms with Gasteiger partial charge in [0.15, 0.2) is 0 Å². The Labute approximate surface area is 94.3 Å². The van der Waals surface area contributed by atoms with Crippen LogP contribution in [0, 0.1) is 12.7 Å². The van der Waals surface area contributed by atoms with Crippen LogP contribution in [0.15, 0.2) is 24.3 Å². The molecule has 0 saturated heterocycles. The number of aromatic nitrogens is 2. The van der Waals surface area contributed by atoms with E-state index in [0.29, 0.717) is 0 Å². The summed E-state index contributed by atoms with van der Waals surface area (Å²) in [6.07, 6.45) is -4.51. The molecule has 2 rings (SSSR count). The van der Waals surface area contributed by atoms with Crippen LogP contribution >= 0.6 is 0 Å². The van der Waals surface area contributed by atoms with Crippen molar-refractivity contribution in [2.75, 3.05) is 0 Å². The van der Waals surface area contributed by atoms with Gasteiger partial charge in [-0.1, -0.05) is 12.1 Å². The minimum atomic E-state index is -4.51. The maximum absolute atomic E-state index is 13.4. The first-order valence-corrected chi connectivity index (χ1v) is 4.78. The number of rotatable bonds is 1. The molecule has 1 heterocycles. The van der Waals surface area contributed by atoms with E-state index < -0.39 is 17.7 Å². The molecule has 17 heavy (non-hydrogen) atoms. The predicted octanol–water partition coefficient (Wildman–Crippen LogP) is 3.54. The summed E-state index contributed by atoms with van der Waals surface area (Å²) in [6, 6.07) is 5.57. The molecule has 1 aromatic heterocycles. The van der Waals surface area contributed by atoms with Gasteiger partial charge in [0.25, 0.3) is 0 Å². The van der Waals surface area contributed by atoms with Crippen LogP contribution in [0.2, 0.25) is 0 Å². The maximum Gasteiger partial charge on any atom is 0.433 e. The molecule has 0 atom stereocenters. The van der Waals surface area contributed by atoms with E-state index in [1.165, 1.54) is 25.1 Å². The van der Waals surface area contributed by atoms with Gasteiger partial charge in [0.2, 0.25) is 0 Å². The highest BCUT2D eigenvalue weighted by Crippen LogP contribution is 2.34. The SMILES string of the molecule is Cc1c(-c2ccccc2F)n[nH]c1C(F)(F)F. The van der Waals surface area contributed by atoms with Crippen molar-refractivity contribution in [3.8, 4) is 11.3 Å². The van der Waals surface area contributed by atoms with Crippen LogP contribution in [0.1, 0.15) is 11.3 Å². The first kappa shape index (κ1) is 11.6. The van der Waals surface area contributed by atoms with Gasteiger partial charge in [-0.3, -0.25) is 5.10 Å². The van der Waals surface area contributed by atoms with Crippen molar-refractivity contribution in [2.24, 2.45) is 0 Å². The second-order valence-electron chi connectivity index (χ2n) is 3.55. The molecule has 1 aromatic carbocycles. The molecule has 0 unspecified atom stereocenters. The molecule has 0 aliphatic carbocycles. The fraction of sp³-hybridized carbons (Fsp3) is 0.182. The van der Waals surface area contributed by atoms with Crippen molar-refractivity contribution in [1.29, 1.82) is 0 Å². The van der Waals surface area contributed by atoms with Crippen molar-refractivity contribution < 1.29 is 17.6 Å². The van der Waals surface area contributed by atoms with Crippen LogP contribution in [0.3, 0.4) is 0 Å². The Morgan fingerprint density at radius 3 is 2.35 bits per heavy atom. The molecule has 0 radical (unpaired) electrons. The van der Waals surface area contributed by atoms with E-state index in [-0.39, 0.29) is 16.8 Å². The zero-order chi connectivity index (χ0) is 12.6. The van der Waals surface area contributed by atoms with Crippen LogP contribution in [0.25, 0.3) is 11.3 Å². The second kappa shape index (κ2) is 3.87. The fourth-order valence-corrected chi connectivity index (χ4v) is 1.59. The Balaban J connectivity index is 2.56. The third kappa shape index (κ3) is 2.02. The summed E-state index contributed by atoms with van der Waals surface area (Å²) in [5.41, 5.74) is -1.02. The number of hydrogen-bond acceptors (Lipinski definition) is 1. The number of benzene rings is 1. The van der Waals surface area contributed by atoms with Gasteiger partial charge in [0.05, 0.1) is 5.69 Å². The smallest absolute Gasteiger partial charge is 0.273 e. The normalized spacial score (nSPS) is 11.8. The van der Waals surface area contributed by atoms with Gasteiger partial charge in [-0.2, -0.15) is 18.3 Å². The summed E-state index contributed by atoms with van der Waals surface area (Å²) in [4.78, 5) is 0. The van der Waals surface area contributed by atoms with E-state index in [1.54, 1.807) is 6.07 Å². The molecule has 0 spiro atoms. The van der Waals surface area contributed by atoms with Crippen LogP contribution in [0.4, 0.5) is 17.6 Å². The van der Waals surface area contributed by atoms with Crippen molar-refractivity contribution in [1.82, 2.24) is 10.2 Å². The summed E-state index contributed by atoms with van der Waals surface area (Å²) in [5, 5.41) is 5.43. The lowest BCUT2D eigenvalue weighted by Gasteiger charge is -2.04. The molecule has 0 fully saturated rings. The number of H-pyrrole nitrogens is 1. The standard InChI is InChI=1S/C11H8F4N2/c1-6-9(7-4-2-3-5-8(7)12)16-17-10(6)11(13,14)15/h2-5H,1H3,(H,16,17). The third-order valence-corrected chi connectivity index (χ3v) is 2.42. The van der Waals surface area contributed by atoms with E-state index >= 15 is 0 Å². The summed E-state index contributed by atoms with van der Waals surface area (Å²) in [5.74, 6) is -0.601. The van der Waals surface area contributed by atoms with E-state index in [1.807, 2.05) is 5.10 Å². The van der Waals surface area contributed by atoms with Crippen molar-refractivity contribution in [3.05, 3.63) is 41.3 Å². The lowest BCUT2D eigenvalue weighted by molar-refractivity contribution is -0.141. The molecule has 0 aliphatic rings. The zero-order valence-electron chi connectivity index (χ0n) is 8.77. The average molecular weight is 244 g/mol. The fourth-order valence-electron chi connectivity index (χ4n) is 1.59. The number of nitrogens with zero attached hydrogens (tertiary/aromatic N) is 1. The third-order valence-electron chi connectivity index (χ3n) is 2.42. The van der Waals surface area contributed by atoms with E-state index in [9.17, 15) is 17.6 Å². The van der Waals surface area contributed by atoms with Gasteiger partial charge >= 0.3 is 6.18 Å². The molecule has 6 heteroatoms. The lowest BCUT2D eigenvalue weighted by Crippen LogP contribution is -2.07. The average Bonchev–Trinajstić information content (AvgIpc) is 2.60. The van der Waals surface area contributed by atoms with E-state index in [2.05, 4.69) is 5.10 Å². The molecule has 90 valence electrons. The molecule has 0 aliphatic heterocycles. The van der Waals surface area contributed by atoms with Crippen LogP contribution in [-0.2, 0) is 6.18 Å². The van der Waals surface area contributed by atoms with Crippen LogP contribution < -0.4 is 0 Å². The highest BCUT2D eigenvalue weighted by atomic mass is 19.4. The summed E-state index contributed by atoms with van der Waals surface area (Å²) in [7, 11) is 0. The zero-order valence-corrected chi connectivity index (χ0v) is 8.77. The molecule has 2 nitrogen and oxygen atoms in total. The van der Waals surface area contributed by atoms with Gasteiger partial charge in [0.1, 0.15) is 11.5 Å². The Hall–Kier alpha value is -1.85.